The first-order valence-electron chi connectivity index (χ1n) is 9.29. The molecule has 3 rings (SSSR count). The Morgan fingerprint density at radius 1 is 1.25 bits per heavy atom. The van der Waals surface area contributed by atoms with E-state index in [0.717, 1.165) is 36.3 Å². The normalized spacial score (nSPS) is 13.2. The highest BCUT2D eigenvalue weighted by molar-refractivity contribution is 14.0. The number of hydrogen-bond donors (Lipinski definition) is 2. The van der Waals surface area contributed by atoms with Gasteiger partial charge in [-0.1, -0.05) is 19.4 Å². The lowest BCUT2D eigenvalue weighted by Crippen LogP contribution is -2.22. The van der Waals surface area contributed by atoms with E-state index in [1.807, 2.05) is 30.3 Å². The number of guanidine groups is 1. The fourth-order valence-corrected chi connectivity index (χ4v) is 2.59. The number of ether oxygens (including phenoxy) is 3. The molecule has 0 atom stereocenters. The number of rotatable bonds is 7. The lowest BCUT2D eigenvalue weighted by atomic mass is 10.2. The van der Waals surface area contributed by atoms with E-state index in [0.29, 0.717) is 44.0 Å². The topological polar surface area (TPSA) is 91.0 Å². The number of halogens is 1. The van der Waals surface area contributed by atoms with Gasteiger partial charge in [-0.05, 0) is 24.6 Å². The van der Waals surface area contributed by atoms with E-state index in [-0.39, 0.29) is 24.0 Å². The number of benzene rings is 1. The quantitative estimate of drug-likeness (QED) is 0.260. The molecule has 2 heterocycles. The largest absolute Gasteiger partial charge is 0.490 e. The third-order valence-corrected chi connectivity index (χ3v) is 4.03. The lowest BCUT2D eigenvalue weighted by molar-refractivity contribution is 0.294. The van der Waals surface area contributed by atoms with E-state index < -0.39 is 0 Å². The summed E-state index contributed by atoms with van der Waals surface area (Å²) in [7, 11) is 0. The fraction of sp³-hybridized carbons (Fsp3) is 0.400. The second-order valence-corrected chi connectivity index (χ2v) is 6.21. The summed E-state index contributed by atoms with van der Waals surface area (Å²) in [5.74, 6) is 2.38. The van der Waals surface area contributed by atoms with Gasteiger partial charge in [-0.15, -0.1) is 24.0 Å². The van der Waals surface area contributed by atoms with Crippen LogP contribution in [-0.4, -0.2) is 30.8 Å². The van der Waals surface area contributed by atoms with Crippen molar-refractivity contribution in [1.82, 2.24) is 4.98 Å². The average Bonchev–Trinajstić information content (AvgIpc) is 2.92. The Labute approximate surface area is 182 Å². The molecule has 0 saturated carbocycles. The molecular weight excluding hydrogens is 471 g/mol. The van der Waals surface area contributed by atoms with Crippen molar-refractivity contribution < 1.29 is 14.2 Å². The van der Waals surface area contributed by atoms with Crippen molar-refractivity contribution in [2.45, 2.75) is 32.7 Å². The molecule has 1 aliphatic heterocycles. The molecule has 1 aromatic carbocycles. The summed E-state index contributed by atoms with van der Waals surface area (Å²) in [6.45, 7) is 4.46. The van der Waals surface area contributed by atoms with Crippen LogP contribution in [0.1, 0.15) is 31.7 Å². The fourth-order valence-electron chi connectivity index (χ4n) is 2.59. The average molecular weight is 498 g/mol. The molecular formula is C20H27IN4O3. The Hall–Kier alpha value is -2.23. The van der Waals surface area contributed by atoms with Gasteiger partial charge >= 0.3 is 0 Å². The number of fused-ring (bicyclic) bond motifs is 1. The van der Waals surface area contributed by atoms with Crippen LogP contribution in [0.2, 0.25) is 0 Å². The zero-order chi connectivity index (χ0) is 18.9. The van der Waals surface area contributed by atoms with Gasteiger partial charge in [0, 0.05) is 29.9 Å². The summed E-state index contributed by atoms with van der Waals surface area (Å²) in [4.78, 5) is 8.69. The molecule has 3 N–H and O–H groups in total. The summed E-state index contributed by atoms with van der Waals surface area (Å²) in [6.07, 6.45) is 4.66. The molecule has 0 fully saturated rings. The molecule has 0 radical (unpaired) electrons. The Morgan fingerprint density at radius 3 is 2.89 bits per heavy atom. The van der Waals surface area contributed by atoms with Gasteiger partial charge in [0.25, 0.3) is 0 Å². The van der Waals surface area contributed by atoms with Gasteiger partial charge in [0.2, 0.25) is 5.88 Å². The van der Waals surface area contributed by atoms with Crippen LogP contribution >= 0.6 is 24.0 Å². The molecule has 2 aromatic rings. The van der Waals surface area contributed by atoms with Crippen molar-refractivity contribution in [3.05, 3.63) is 42.1 Å². The zero-order valence-corrected chi connectivity index (χ0v) is 18.3. The predicted molar refractivity (Wildman–Crippen MR) is 121 cm³/mol. The third-order valence-electron chi connectivity index (χ3n) is 4.03. The predicted octanol–water partition coefficient (Wildman–Crippen LogP) is 3.97. The number of nitrogens with one attached hydrogen (secondary N) is 1. The number of nitrogens with zero attached hydrogens (tertiary/aromatic N) is 2. The first kappa shape index (κ1) is 22.1. The maximum atomic E-state index is 6.04. The summed E-state index contributed by atoms with van der Waals surface area (Å²) in [5.41, 5.74) is 7.74. The van der Waals surface area contributed by atoms with Gasteiger partial charge in [-0.2, -0.15) is 0 Å². The molecule has 28 heavy (non-hydrogen) atoms. The van der Waals surface area contributed by atoms with Gasteiger partial charge in [-0.25, -0.2) is 9.98 Å². The number of unbranched alkanes of at least 4 members (excludes halogenated alkanes) is 1. The SMILES string of the molecule is CCCCOc1ncccc1CN=C(N)Nc1ccc2c(c1)OCCCO2.I. The van der Waals surface area contributed by atoms with Crippen molar-refractivity contribution in [2.24, 2.45) is 10.7 Å². The highest BCUT2D eigenvalue weighted by Gasteiger charge is 2.11. The first-order chi connectivity index (χ1) is 13.3. The van der Waals surface area contributed by atoms with E-state index in [4.69, 9.17) is 19.9 Å². The van der Waals surface area contributed by atoms with Crippen LogP contribution < -0.4 is 25.3 Å². The third kappa shape index (κ3) is 6.43. The van der Waals surface area contributed by atoms with Crippen LogP contribution in [0.25, 0.3) is 0 Å². The number of nitrogens with two attached hydrogens (primary N) is 1. The summed E-state index contributed by atoms with van der Waals surface area (Å²) in [5, 5.41) is 3.09. The highest BCUT2D eigenvalue weighted by atomic mass is 127. The van der Waals surface area contributed by atoms with Crippen LogP contribution in [0.15, 0.2) is 41.5 Å². The molecule has 1 aliphatic rings. The van der Waals surface area contributed by atoms with Gasteiger partial charge in [0.1, 0.15) is 0 Å². The summed E-state index contributed by atoms with van der Waals surface area (Å²) >= 11 is 0. The maximum Gasteiger partial charge on any atom is 0.218 e. The molecule has 0 bridgehead atoms. The number of anilines is 1. The second kappa shape index (κ2) is 11.6. The zero-order valence-electron chi connectivity index (χ0n) is 16.0. The van der Waals surface area contributed by atoms with Gasteiger partial charge in [0.15, 0.2) is 17.5 Å². The van der Waals surface area contributed by atoms with Gasteiger partial charge in [-0.3, -0.25) is 0 Å². The van der Waals surface area contributed by atoms with E-state index in [2.05, 4.69) is 22.2 Å². The van der Waals surface area contributed by atoms with Gasteiger partial charge < -0.3 is 25.3 Å². The molecule has 0 amide bonds. The number of pyridine rings is 1. The number of aliphatic imine (C=N–C) groups is 1. The van der Waals surface area contributed by atoms with Crippen LogP contribution in [0, 0.1) is 0 Å². The van der Waals surface area contributed by atoms with Crippen LogP contribution in [-0.2, 0) is 6.54 Å². The van der Waals surface area contributed by atoms with E-state index in [1.165, 1.54) is 0 Å². The highest BCUT2D eigenvalue weighted by Crippen LogP contribution is 2.32. The standard InChI is InChI=1S/C20H26N4O3.HI/c1-2-3-10-27-19-15(6-4-9-22-19)14-23-20(21)24-16-7-8-17-18(13-16)26-12-5-11-25-17;/h4,6-9,13H,2-3,5,10-12,14H2,1H3,(H3,21,23,24);1H. The van der Waals surface area contributed by atoms with E-state index in [1.54, 1.807) is 6.20 Å². The molecule has 0 aliphatic carbocycles. The monoisotopic (exact) mass is 498 g/mol. The molecule has 0 unspecified atom stereocenters. The Bertz CT molecular complexity index is 786. The number of aromatic nitrogens is 1. The second-order valence-electron chi connectivity index (χ2n) is 6.21. The minimum absolute atomic E-state index is 0. The molecule has 1 aromatic heterocycles. The summed E-state index contributed by atoms with van der Waals surface area (Å²) < 4.78 is 17.1. The number of hydrogen-bond acceptors (Lipinski definition) is 5. The van der Waals surface area contributed by atoms with Crippen LogP contribution in [0.5, 0.6) is 17.4 Å². The lowest BCUT2D eigenvalue weighted by Gasteiger charge is -2.11. The van der Waals surface area contributed by atoms with Gasteiger partial charge in [0.05, 0.1) is 26.4 Å². The maximum absolute atomic E-state index is 6.04. The minimum Gasteiger partial charge on any atom is -0.490 e. The van der Waals surface area contributed by atoms with Crippen molar-refractivity contribution in [3.63, 3.8) is 0 Å². The molecule has 152 valence electrons. The van der Waals surface area contributed by atoms with Crippen LogP contribution in [0.4, 0.5) is 5.69 Å². The molecule has 0 saturated heterocycles. The Kier molecular flexibility index (Phi) is 9.12. The van der Waals surface area contributed by atoms with E-state index >= 15 is 0 Å². The Morgan fingerprint density at radius 2 is 2.07 bits per heavy atom. The van der Waals surface area contributed by atoms with Crippen molar-refractivity contribution in [3.8, 4) is 17.4 Å². The minimum atomic E-state index is 0. The molecule has 0 spiro atoms. The van der Waals surface area contributed by atoms with E-state index in [9.17, 15) is 0 Å². The van der Waals surface area contributed by atoms with Crippen molar-refractivity contribution in [1.29, 1.82) is 0 Å². The first-order valence-corrected chi connectivity index (χ1v) is 9.29. The smallest absolute Gasteiger partial charge is 0.218 e. The van der Waals surface area contributed by atoms with Crippen LogP contribution in [0.3, 0.4) is 0 Å². The molecule has 8 heteroatoms. The molecule has 7 nitrogen and oxygen atoms in total. The van der Waals surface area contributed by atoms with Crippen molar-refractivity contribution in [2.75, 3.05) is 25.1 Å². The Balaban J connectivity index is 0.00000280. The van der Waals surface area contributed by atoms with Crippen molar-refractivity contribution >= 4 is 35.6 Å². The summed E-state index contributed by atoms with van der Waals surface area (Å²) in [6, 6.07) is 9.44.